The van der Waals surface area contributed by atoms with Crippen LogP contribution in [0.25, 0.3) is 6.08 Å². The molecule has 4 heteroatoms. The number of nitrogens with one attached hydrogen (secondary N) is 1. The summed E-state index contributed by atoms with van der Waals surface area (Å²) in [6.45, 7) is 4.17. The fourth-order valence-corrected chi connectivity index (χ4v) is 2.19. The van der Waals surface area contributed by atoms with Gasteiger partial charge in [0.25, 0.3) is 0 Å². The number of aliphatic carboxylic acids is 1. The van der Waals surface area contributed by atoms with Crippen LogP contribution >= 0.6 is 0 Å². The highest BCUT2D eigenvalue weighted by molar-refractivity contribution is 5.92. The molecule has 0 aliphatic heterocycles. The molecule has 0 aliphatic rings. The first-order chi connectivity index (χ1) is 10.1. The van der Waals surface area contributed by atoms with Crippen molar-refractivity contribution in [1.82, 2.24) is 0 Å². The number of carboxylic acid groups (broad SMARTS) is 1. The molecule has 4 nitrogen and oxygen atoms in total. The minimum absolute atomic E-state index is 0.0617. The maximum absolute atomic E-state index is 12.2. The Kier molecular flexibility index (Phi) is 7.23. The molecular formula is C17H23NO3. The van der Waals surface area contributed by atoms with Crippen LogP contribution in [0.4, 0.5) is 5.69 Å². The number of hydrogen-bond acceptors (Lipinski definition) is 2. The largest absolute Gasteiger partial charge is 0.478 e. The lowest BCUT2D eigenvalue weighted by molar-refractivity contribution is -0.131. The van der Waals surface area contributed by atoms with Crippen LogP contribution in [-0.2, 0) is 9.59 Å². The monoisotopic (exact) mass is 289 g/mol. The molecule has 1 rings (SSSR count). The van der Waals surface area contributed by atoms with E-state index in [0.29, 0.717) is 0 Å². The second kappa shape index (κ2) is 8.95. The number of hydrogen-bond donors (Lipinski definition) is 2. The smallest absolute Gasteiger partial charge is 0.328 e. The molecule has 1 amide bonds. The number of carbonyl (C=O) groups is 2. The van der Waals surface area contributed by atoms with Gasteiger partial charge in [-0.1, -0.05) is 38.8 Å². The molecule has 114 valence electrons. The summed E-state index contributed by atoms with van der Waals surface area (Å²) in [7, 11) is 0. The first-order valence-electron chi connectivity index (χ1n) is 7.38. The standard InChI is InChI=1S/C17H23NO3/c1-3-5-14(6-4-2)17(21)18-15-10-7-13(8-11-15)9-12-16(19)20/h7-12,14H,3-6H2,1-2H3,(H,18,21)(H,19,20)/b12-9+. The lowest BCUT2D eigenvalue weighted by atomic mass is 9.97. The van der Waals surface area contributed by atoms with Crippen molar-refractivity contribution < 1.29 is 14.7 Å². The van der Waals surface area contributed by atoms with Gasteiger partial charge in [0.2, 0.25) is 5.91 Å². The number of carboxylic acids is 1. The van der Waals surface area contributed by atoms with Crippen LogP contribution in [0.15, 0.2) is 30.3 Å². The van der Waals surface area contributed by atoms with Gasteiger partial charge in [0.15, 0.2) is 0 Å². The topological polar surface area (TPSA) is 66.4 Å². The van der Waals surface area contributed by atoms with E-state index < -0.39 is 5.97 Å². The van der Waals surface area contributed by atoms with Crippen molar-refractivity contribution >= 4 is 23.6 Å². The summed E-state index contributed by atoms with van der Waals surface area (Å²) in [6.07, 6.45) is 6.41. The summed E-state index contributed by atoms with van der Waals surface area (Å²) in [6, 6.07) is 7.14. The maximum atomic E-state index is 12.2. The zero-order valence-corrected chi connectivity index (χ0v) is 12.6. The van der Waals surface area contributed by atoms with E-state index in [1.54, 1.807) is 24.3 Å². The van der Waals surface area contributed by atoms with Crippen molar-refractivity contribution in [2.45, 2.75) is 39.5 Å². The van der Waals surface area contributed by atoms with E-state index in [9.17, 15) is 9.59 Å². The third kappa shape index (κ3) is 6.25. The fourth-order valence-electron chi connectivity index (χ4n) is 2.19. The molecule has 0 fully saturated rings. The molecule has 2 N–H and O–H groups in total. The molecule has 1 aromatic rings. The summed E-state index contributed by atoms with van der Waals surface area (Å²) in [5, 5.41) is 11.5. The lowest BCUT2D eigenvalue weighted by Crippen LogP contribution is -2.22. The highest BCUT2D eigenvalue weighted by Gasteiger charge is 2.16. The van der Waals surface area contributed by atoms with E-state index in [2.05, 4.69) is 19.2 Å². The molecule has 0 saturated heterocycles. The van der Waals surface area contributed by atoms with Crippen molar-refractivity contribution in [3.05, 3.63) is 35.9 Å². The fraction of sp³-hybridized carbons (Fsp3) is 0.412. The molecule has 0 unspecified atom stereocenters. The first kappa shape index (κ1) is 17.0. The molecule has 0 bridgehead atoms. The van der Waals surface area contributed by atoms with Gasteiger partial charge < -0.3 is 10.4 Å². The SMILES string of the molecule is CCCC(CCC)C(=O)Nc1ccc(/C=C/C(=O)O)cc1. The quantitative estimate of drug-likeness (QED) is 0.712. The molecular weight excluding hydrogens is 266 g/mol. The second-order valence-electron chi connectivity index (χ2n) is 5.06. The zero-order valence-electron chi connectivity index (χ0n) is 12.6. The van der Waals surface area contributed by atoms with Gasteiger partial charge in [-0.2, -0.15) is 0 Å². The maximum Gasteiger partial charge on any atom is 0.328 e. The number of carbonyl (C=O) groups excluding carboxylic acids is 1. The minimum Gasteiger partial charge on any atom is -0.478 e. The van der Waals surface area contributed by atoms with Crippen molar-refractivity contribution in [2.75, 3.05) is 5.32 Å². The molecule has 0 heterocycles. The van der Waals surface area contributed by atoms with Crippen LogP contribution in [0.2, 0.25) is 0 Å². The summed E-state index contributed by atoms with van der Waals surface area (Å²) >= 11 is 0. The van der Waals surface area contributed by atoms with Gasteiger partial charge in [-0.3, -0.25) is 4.79 Å². The minimum atomic E-state index is -0.977. The Labute approximate surface area is 125 Å². The average Bonchev–Trinajstić information content (AvgIpc) is 2.46. The van der Waals surface area contributed by atoms with Gasteiger partial charge in [-0.15, -0.1) is 0 Å². The van der Waals surface area contributed by atoms with Crippen molar-refractivity contribution in [1.29, 1.82) is 0 Å². The third-order valence-corrected chi connectivity index (χ3v) is 3.24. The van der Waals surface area contributed by atoms with Gasteiger partial charge in [0, 0.05) is 17.7 Å². The Balaban J connectivity index is 2.65. The van der Waals surface area contributed by atoms with Crippen LogP contribution < -0.4 is 5.32 Å². The molecule has 0 aliphatic carbocycles. The third-order valence-electron chi connectivity index (χ3n) is 3.24. The van der Waals surface area contributed by atoms with E-state index in [1.807, 2.05) is 0 Å². The lowest BCUT2D eigenvalue weighted by Gasteiger charge is -2.15. The van der Waals surface area contributed by atoms with Gasteiger partial charge in [0.1, 0.15) is 0 Å². The van der Waals surface area contributed by atoms with E-state index in [-0.39, 0.29) is 11.8 Å². The van der Waals surface area contributed by atoms with E-state index in [1.165, 1.54) is 6.08 Å². The Bertz CT molecular complexity index is 485. The molecule has 0 saturated carbocycles. The predicted octanol–water partition coefficient (Wildman–Crippen LogP) is 3.94. The summed E-state index contributed by atoms with van der Waals surface area (Å²) in [4.78, 5) is 22.6. The zero-order chi connectivity index (χ0) is 15.7. The Morgan fingerprint density at radius 1 is 1.14 bits per heavy atom. The van der Waals surface area contributed by atoms with E-state index in [4.69, 9.17) is 5.11 Å². The van der Waals surface area contributed by atoms with Gasteiger partial charge >= 0.3 is 5.97 Å². The number of rotatable bonds is 8. The molecule has 0 aromatic heterocycles. The van der Waals surface area contributed by atoms with Crippen LogP contribution in [0.3, 0.4) is 0 Å². The normalized spacial score (nSPS) is 11.0. The summed E-state index contributed by atoms with van der Waals surface area (Å²) in [5.41, 5.74) is 1.53. The van der Waals surface area contributed by atoms with Crippen LogP contribution in [0, 0.1) is 5.92 Å². The van der Waals surface area contributed by atoms with E-state index in [0.717, 1.165) is 43.0 Å². The van der Waals surface area contributed by atoms with Gasteiger partial charge in [-0.05, 0) is 36.6 Å². The van der Waals surface area contributed by atoms with E-state index >= 15 is 0 Å². The number of anilines is 1. The molecule has 1 aromatic carbocycles. The summed E-state index contributed by atoms with van der Waals surface area (Å²) in [5.74, 6) is -0.853. The summed E-state index contributed by atoms with van der Waals surface area (Å²) < 4.78 is 0. The predicted molar refractivity (Wildman–Crippen MR) is 85.0 cm³/mol. The Hall–Kier alpha value is -2.10. The van der Waals surface area contributed by atoms with Crippen molar-refractivity contribution in [2.24, 2.45) is 5.92 Å². The molecule has 0 radical (unpaired) electrons. The molecule has 21 heavy (non-hydrogen) atoms. The van der Waals surface area contributed by atoms with Crippen molar-refractivity contribution in [3.8, 4) is 0 Å². The highest BCUT2D eigenvalue weighted by atomic mass is 16.4. The number of amides is 1. The van der Waals surface area contributed by atoms with Crippen molar-refractivity contribution in [3.63, 3.8) is 0 Å². The van der Waals surface area contributed by atoms with Crippen LogP contribution in [0.1, 0.15) is 45.1 Å². The Morgan fingerprint density at radius 3 is 2.19 bits per heavy atom. The first-order valence-corrected chi connectivity index (χ1v) is 7.38. The van der Waals surface area contributed by atoms with Gasteiger partial charge in [-0.25, -0.2) is 4.79 Å². The highest BCUT2D eigenvalue weighted by Crippen LogP contribution is 2.17. The molecule has 0 spiro atoms. The van der Waals surface area contributed by atoms with Gasteiger partial charge in [0.05, 0.1) is 0 Å². The average molecular weight is 289 g/mol. The van der Waals surface area contributed by atoms with Crippen LogP contribution in [0.5, 0.6) is 0 Å². The second-order valence-corrected chi connectivity index (χ2v) is 5.06. The van der Waals surface area contributed by atoms with Crippen LogP contribution in [-0.4, -0.2) is 17.0 Å². The number of benzene rings is 1. The Morgan fingerprint density at radius 2 is 1.71 bits per heavy atom. The molecule has 0 atom stereocenters.